The van der Waals surface area contributed by atoms with Gasteiger partial charge in [0.2, 0.25) is 0 Å². The summed E-state index contributed by atoms with van der Waals surface area (Å²) >= 11 is 0. The lowest BCUT2D eigenvalue weighted by molar-refractivity contribution is -0.384. The van der Waals surface area contributed by atoms with Crippen molar-refractivity contribution in [2.24, 2.45) is 0 Å². The molecule has 0 unspecified atom stereocenters. The highest BCUT2D eigenvalue weighted by atomic mass is 16.6. The zero-order chi connectivity index (χ0) is 22.5. The molecule has 160 valence electrons. The highest BCUT2D eigenvalue weighted by molar-refractivity contribution is 5.97. The third-order valence-corrected chi connectivity index (χ3v) is 4.63. The molecule has 0 fully saturated rings. The molecule has 0 aliphatic rings. The lowest BCUT2D eigenvalue weighted by Gasteiger charge is -2.18. The van der Waals surface area contributed by atoms with Crippen molar-refractivity contribution in [1.29, 1.82) is 0 Å². The van der Waals surface area contributed by atoms with Crippen LogP contribution in [0.5, 0.6) is 0 Å². The summed E-state index contributed by atoms with van der Waals surface area (Å²) in [6.45, 7) is 3.78. The van der Waals surface area contributed by atoms with Crippen molar-refractivity contribution in [1.82, 2.24) is 5.32 Å². The van der Waals surface area contributed by atoms with Crippen LogP contribution in [-0.2, 0) is 9.53 Å². The quantitative estimate of drug-likeness (QED) is 0.266. The number of aryl methyl sites for hydroxylation is 1. The second kappa shape index (κ2) is 9.21. The third-order valence-electron chi connectivity index (χ3n) is 4.63. The van der Waals surface area contributed by atoms with Crippen molar-refractivity contribution in [3.05, 3.63) is 85.8 Å². The molecular weight excluding hydrogens is 404 g/mol. The minimum absolute atomic E-state index is 0.119. The van der Waals surface area contributed by atoms with Gasteiger partial charge in [-0.25, -0.2) is 4.79 Å². The molecule has 0 aliphatic carbocycles. The first-order valence-electron chi connectivity index (χ1n) is 9.54. The molecule has 31 heavy (non-hydrogen) atoms. The minimum atomic E-state index is -0.891. The predicted molar refractivity (Wildman–Crippen MR) is 112 cm³/mol. The van der Waals surface area contributed by atoms with E-state index >= 15 is 0 Å². The Hall–Kier alpha value is -4.01. The number of rotatable bonds is 7. The number of amides is 1. The molecule has 1 amide bonds. The van der Waals surface area contributed by atoms with Gasteiger partial charge in [-0.3, -0.25) is 19.7 Å². The summed E-state index contributed by atoms with van der Waals surface area (Å²) in [5.41, 5.74) is 0.363. The van der Waals surface area contributed by atoms with Gasteiger partial charge in [0.15, 0.2) is 0 Å². The summed E-state index contributed by atoms with van der Waals surface area (Å²) in [6, 6.07) is 11.4. The number of carbonyl (C=O) groups excluding carboxylic acids is 2. The Bertz CT molecular complexity index is 1200. The fourth-order valence-corrected chi connectivity index (χ4v) is 3.06. The number of carbonyl (C=O) groups is 2. The van der Waals surface area contributed by atoms with Crippen LogP contribution in [0.15, 0.2) is 57.7 Å². The van der Waals surface area contributed by atoms with Crippen LogP contribution in [0.1, 0.15) is 40.9 Å². The Kier molecular flexibility index (Phi) is 6.44. The molecule has 0 radical (unpaired) electrons. The van der Waals surface area contributed by atoms with Crippen LogP contribution in [-0.4, -0.2) is 23.4 Å². The zero-order valence-corrected chi connectivity index (χ0v) is 16.9. The van der Waals surface area contributed by atoms with Crippen molar-refractivity contribution in [2.45, 2.75) is 26.3 Å². The van der Waals surface area contributed by atoms with E-state index in [0.717, 1.165) is 5.56 Å². The first-order valence-corrected chi connectivity index (χ1v) is 9.54. The van der Waals surface area contributed by atoms with Gasteiger partial charge in [0.25, 0.3) is 11.6 Å². The topological polar surface area (TPSA) is 129 Å². The number of esters is 1. The fraction of sp³-hybridized carbons (Fsp3) is 0.227. The van der Waals surface area contributed by atoms with E-state index in [2.05, 4.69) is 5.32 Å². The van der Waals surface area contributed by atoms with E-state index in [-0.39, 0.29) is 35.2 Å². The molecule has 9 heteroatoms. The van der Waals surface area contributed by atoms with E-state index in [9.17, 15) is 24.5 Å². The smallest absolute Gasteiger partial charge is 0.349 e. The van der Waals surface area contributed by atoms with Gasteiger partial charge in [-0.15, -0.1) is 0 Å². The van der Waals surface area contributed by atoms with Crippen LogP contribution >= 0.6 is 0 Å². The Labute approximate surface area is 176 Å². The minimum Gasteiger partial charge on any atom is -0.466 e. The van der Waals surface area contributed by atoms with Crippen LogP contribution in [0, 0.1) is 17.0 Å². The molecule has 0 bridgehead atoms. The number of nitrogens with zero attached hydrogens (tertiary/aromatic N) is 1. The van der Waals surface area contributed by atoms with Crippen molar-refractivity contribution in [3.8, 4) is 0 Å². The second-order valence-corrected chi connectivity index (χ2v) is 6.87. The summed E-state index contributed by atoms with van der Waals surface area (Å²) in [5.74, 6) is -1.27. The molecule has 3 rings (SSSR count). The van der Waals surface area contributed by atoms with E-state index < -0.39 is 28.5 Å². The van der Waals surface area contributed by atoms with Crippen LogP contribution in [0.25, 0.3) is 11.0 Å². The normalized spacial score (nSPS) is 11.7. The molecule has 2 aromatic carbocycles. The SMILES string of the molecule is CCOC(=O)C[C@@H](NC(=O)c1cc2cc([N+](=O)[O-])ccc2oc1=O)c1ccc(C)cc1. The van der Waals surface area contributed by atoms with E-state index in [1.54, 1.807) is 19.1 Å². The summed E-state index contributed by atoms with van der Waals surface area (Å²) < 4.78 is 10.1. The Morgan fingerprint density at radius 2 is 1.87 bits per heavy atom. The largest absolute Gasteiger partial charge is 0.466 e. The fourth-order valence-electron chi connectivity index (χ4n) is 3.06. The summed E-state index contributed by atoms with van der Waals surface area (Å²) in [5, 5.41) is 13.9. The lowest BCUT2D eigenvalue weighted by Crippen LogP contribution is -2.33. The molecule has 1 atom stereocenters. The lowest BCUT2D eigenvalue weighted by atomic mass is 10.0. The average molecular weight is 424 g/mol. The van der Waals surface area contributed by atoms with Gasteiger partial charge in [-0.1, -0.05) is 29.8 Å². The van der Waals surface area contributed by atoms with E-state index in [0.29, 0.717) is 5.56 Å². The molecule has 0 spiro atoms. The number of fused-ring (bicyclic) bond motifs is 1. The van der Waals surface area contributed by atoms with Crippen LogP contribution < -0.4 is 10.9 Å². The van der Waals surface area contributed by atoms with Crippen LogP contribution in [0.4, 0.5) is 5.69 Å². The first kappa shape index (κ1) is 21.7. The number of hydrogen-bond donors (Lipinski definition) is 1. The summed E-state index contributed by atoms with van der Waals surface area (Å²) in [7, 11) is 0. The standard InChI is InChI=1S/C22H20N2O7/c1-3-30-20(25)12-18(14-6-4-13(2)5-7-14)23-21(26)17-11-15-10-16(24(28)29)8-9-19(15)31-22(17)27/h4-11,18H,3,12H2,1-2H3,(H,23,26)/t18-/m1/s1. The number of benzene rings is 2. The van der Waals surface area contributed by atoms with E-state index in [4.69, 9.17) is 9.15 Å². The number of nitrogens with one attached hydrogen (secondary N) is 1. The number of ether oxygens (including phenoxy) is 1. The van der Waals surface area contributed by atoms with Gasteiger partial charge in [0, 0.05) is 17.5 Å². The van der Waals surface area contributed by atoms with Gasteiger partial charge in [0.1, 0.15) is 11.1 Å². The second-order valence-electron chi connectivity index (χ2n) is 6.87. The number of nitro groups is 1. The molecule has 3 aromatic rings. The number of non-ortho nitro benzene ring substituents is 1. The van der Waals surface area contributed by atoms with Gasteiger partial charge in [-0.2, -0.15) is 0 Å². The van der Waals surface area contributed by atoms with E-state index in [1.165, 1.54) is 24.3 Å². The van der Waals surface area contributed by atoms with Crippen molar-refractivity contribution >= 4 is 28.5 Å². The Morgan fingerprint density at radius 1 is 1.16 bits per heavy atom. The Morgan fingerprint density at radius 3 is 2.52 bits per heavy atom. The molecule has 1 N–H and O–H groups in total. The molecule has 0 saturated heterocycles. The van der Waals surface area contributed by atoms with Crippen molar-refractivity contribution < 1.29 is 23.7 Å². The maximum Gasteiger partial charge on any atom is 0.349 e. The van der Waals surface area contributed by atoms with Crippen molar-refractivity contribution in [3.63, 3.8) is 0 Å². The maximum atomic E-state index is 12.9. The summed E-state index contributed by atoms with van der Waals surface area (Å²) in [4.78, 5) is 47.6. The van der Waals surface area contributed by atoms with Crippen LogP contribution in [0.2, 0.25) is 0 Å². The maximum absolute atomic E-state index is 12.9. The molecule has 0 saturated carbocycles. The van der Waals surface area contributed by atoms with Gasteiger partial charge < -0.3 is 14.5 Å². The zero-order valence-electron chi connectivity index (χ0n) is 16.9. The van der Waals surface area contributed by atoms with Gasteiger partial charge >= 0.3 is 11.6 Å². The average Bonchev–Trinajstić information content (AvgIpc) is 2.73. The highest BCUT2D eigenvalue weighted by Crippen LogP contribution is 2.22. The third kappa shape index (κ3) is 5.13. The van der Waals surface area contributed by atoms with Crippen LogP contribution in [0.3, 0.4) is 0 Å². The molecule has 1 heterocycles. The van der Waals surface area contributed by atoms with Gasteiger partial charge in [-0.05, 0) is 31.5 Å². The number of nitro benzene ring substituents is 1. The first-order chi connectivity index (χ1) is 14.8. The van der Waals surface area contributed by atoms with E-state index in [1.807, 2.05) is 19.1 Å². The number of hydrogen-bond acceptors (Lipinski definition) is 7. The molecule has 9 nitrogen and oxygen atoms in total. The molecule has 1 aromatic heterocycles. The van der Waals surface area contributed by atoms with Crippen molar-refractivity contribution in [2.75, 3.05) is 6.61 Å². The monoisotopic (exact) mass is 424 g/mol. The highest BCUT2D eigenvalue weighted by Gasteiger charge is 2.23. The molecule has 0 aliphatic heterocycles. The molecular formula is C22H20N2O7. The van der Waals surface area contributed by atoms with Gasteiger partial charge in [0.05, 0.1) is 24.0 Å². The Balaban J connectivity index is 1.94. The summed E-state index contributed by atoms with van der Waals surface area (Å²) in [6.07, 6.45) is -0.132. The predicted octanol–water partition coefficient (Wildman–Crippen LogP) is 3.43.